The lowest BCUT2D eigenvalue weighted by atomic mass is 9.97. The van der Waals surface area contributed by atoms with Gasteiger partial charge in [0.15, 0.2) is 0 Å². The van der Waals surface area contributed by atoms with Crippen LogP contribution in [0.25, 0.3) is 0 Å². The minimum Gasteiger partial charge on any atom is -0.385 e. The summed E-state index contributed by atoms with van der Waals surface area (Å²) >= 11 is 0. The van der Waals surface area contributed by atoms with Crippen LogP contribution in [0.2, 0.25) is 0 Å². The maximum atomic E-state index is 12.4. The van der Waals surface area contributed by atoms with Gasteiger partial charge >= 0.3 is 0 Å². The monoisotopic (exact) mass is 339 g/mol. The van der Waals surface area contributed by atoms with Crippen LogP contribution >= 0.6 is 24.8 Å². The third-order valence-corrected chi connectivity index (χ3v) is 3.50. The van der Waals surface area contributed by atoms with Crippen LogP contribution in [0.3, 0.4) is 0 Å². The van der Waals surface area contributed by atoms with E-state index in [2.05, 4.69) is 15.6 Å². The van der Waals surface area contributed by atoms with Crippen molar-refractivity contribution in [2.45, 2.75) is 19.8 Å². The first-order chi connectivity index (χ1) is 9.74. The van der Waals surface area contributed by atoms with E-state index in [9.17, 15) is 4.79 Å². The number of halogens is 2. The topological polar surface area (TPSA) is 54.0 Å². The summed E-state index contributed by atoms with van der Waals surface area (Å²) in [5.74, 6) is 0.500. The van der Waals surface area contributed by atoms with Gasteiger partial charge in [-0.3, -0.25) is 4.79 Å². The highest BCUT2D eigenvalue weighted by molar-refractivity contribution is 6.05. The third kappa shape index (κ3) is 3.90. The molecule has 0 unspecified atom stereocenters. The summed E-state index contributed by atoms with van der Waals surface area (Å²) in [5, 5.41) is 6.21. The van der Waals surface area contributed by atoms with E-state index >= 15 is 0 Å². The maximum Gasteiger partial charge on any atom is 0.257 e. The minimum atomic E-state index is -0.0938. The Morgan fingerprint density at radius 3 is 2.86 bits per heavy atom. The van der Waals surface area contributed by atoms with Crippen molar-refractivity contribution in [3.63, 3.8) is 0 Å². The number of hydrogen-bond acceptors (Lipinski definition) is 3. The Labute approximate surface area is 142 Å². The number of fused-ring (bicyclic) bond motifs is 1. The normalized spacial score (nSPS) is 12.0. The summed E-state index contributed by atoms with van der Waals surface area (Å²) < 4.78 is 0. The molecule has 2 heterocycles. The quantitative estimate of drug-likeness (QED) is 0.873. The van der Waals surface area contributed by atoms with E-state index in [1.54, 1.807) is 6.20 Å². The Morgan fingerprint density at radius 2 is 2.09 bits per heavy atom. The molecule has 6 heteroatoms. The van der Waals surface area contributed by atoms with Crippen LogP contribution in [0, 0.1) is 6.92 Å². The van der Waals surface area contributed by atoms with E-state index in [-0.39, 0.29) is 30.7 Å². The molecule has 0 bridgehead atoms. The first kappa shape index (κ1) is 18.3. The Bertz CT molecular complexity index is 662. The number of benzene rings is 1. The van der Waals surface area contributed by atoms with E-state index in [1.807, 2.05) is 37.3 Å². The fourth-order valence-corrected chi connectivity index (χ4v) is 2.51. The molecule has 2 N–H and O–H groups in total. The Kier molecular flexibility index (Phi) is 6.65. The predicted molar refractivity (Wildman–Crippen MR) is 94.7 cm³/mol. The van der Waals surface area contributed by atoms with Gasteiger partial charge in [-0.15, -0.1) is 24.8 Å². The van der Waals surface area contributed by atoms with Crippen molar-refractivity contribution in [2.24, 2.45) is 0 Å². The van der Waals surface area contributed by atoms with Gasteiger partial charge in [0.25, 0.3) is 5.91 Å². The number of carbonyl (C=O) groups excluding carboxylic acids is 1. The molecule has 22 heavy (non-hydrogen) atoms. The Morgan fingerprint density at radius 1 is 1.27 bits per heavy atom. The number of amides is 1. The molecule has 2 aromatic rings. The number of pyridine rings is 1. The van der Waals surface area contributed by atoms with E-state index in [4.69, 9.17) is 0 Å². The van der Waals surface area contributed by atoms with Crippen LogP contribution in [0.15, 0.2) is 36.5 Å². The molecule has 118 valence electrons. The van der Waals surface area contributed by atoms with Crippen molar-refractivity contribution in [1.29, 1.82) is 0 Å². The van der Waals surface area contributed by atoms with Crippen LogP contribution in [0.1, 0.15) is 27.9 Å². The average molecular weight is 340 g/mol. The molecule has 0 atom stereocenters. The molecule has 1 amide bonds. The number of rotatable bonds is 2. The van der Waals surface area contributed by atoms with Gasteiger partial charge in [0.1, 0.15) is 5.82 Å². The second kappa shape index (κ2) is 8.01. The first-order valence-electron chi connectivity index (χ1n) is 6.84. The highest BCUT2D eigenvalue weighted by Crippen LogP contribution is 2.25. The van der Waals surface area contributed by atoms with E-state index in [1.165, 1.54) is 0 Å². The van der Waals surface area contributed by atoms with Crippen molar-refractivity contribution < 1.29 is 4.79 Å². The zero-order valence-electron chi connectivity index (χ0n) is 12.3. The number of carbonyl (C=O) groups is 1. The second-order valence-electron chi connectivity index (χ2n) is 5.03. The molecular weight excluding hydrogens is 321 g/mol. The molecular formula is C16H19Cl2N3O. The highest BCUT2D eigenvalue weighted by atomic mass is 35.5. The second-order valence-corrected chi connectivity index (χ2v) is 5.03. The van der Waals surface area contributed by atoms with Crippen molar-refractivity contribution in [3.05, 3.63) is 53.2 Å². The van der Waals surface area contributed by atoms with Crippen molar-refractivity contribution in [2.75, 3.05) is 17.2 Å². The Balaban J connectivity index is 0.00000121. The van der Waals surface area contributed by atoms with Crippen molar-refractivity contribution in [1.82, 2.24) is 4.98 Å². The lowest BCUT2D eigenvalue weighted by molar-refractivity contribution is 0.102. The fraction of sp³-hybridized carbons (Fsp3) is 0.250. The Hall–Kier alpha value is -1.78. The van der Waals surface area contributed by atoms with Crippen LogP contribution in [-0.4, -0.2) is 17.4 Å². The predicted octanol–water partition coefficient (Wildman–Crippen LogP) is 3.84. The molecule has 1 aliphatic rings. The SMILES string of the molecule is Cc1ccnc(NC(=O)c2cccc3c2CCCN3)c1.Cl.Cl. The van der Waals surface area contributed by atoms with Crippen LogP contribution < -0.4 is 10.6 Å². The number of nitrogens with zero attached hydrogens (tertiary/aromatic N) is 1. The molecule has 0 fully saturated rings. The average Bonchev–Trinajstić information content (AvgIpc) is 2.46. The van der Waals surface area contributed by atoms with Gasteiger partial charge in [0, 0.05) is 24.0 Å². The molecule has 3 rings (SSSR count). The molecule has 0 saturated carbocycles. The van der Waals surface area contributed by atoms with E-state index < -0.39 is 0 Å². The first-order valence-corrected chi connectivity index (χ1v) is 6.84. The zero-order chi connectivity index (χ0) is 13.9. The maximum absolute atomic E-state index is 12.4. The summed E-state index contributed by atoms with van der Waals surface area (Å²) in [6.07, 6.45) is 3.69. The zero-order valence-corrected chi connectivity index (χ0v) is 13.9. The largest absolute Gasteiger partial charge is 0.385 e. The fourth-order valence-electron chi connectivity index (χ4n) is 2.51. The summed E-state index contributed by atoms with van der Waals surface area (Å²) in [6.45, 7) is 2.95. The molecule has 1 aromatic carbocycles. The van der Waals surface area contributed by atoms with Crippen LogP contribution in [-0.2, 0) is 6.42 Å². The highest BCUT2D eigenvalue weighted by Gasteiger charge is 2.17. The van der Waals surface area contributed by atoms with Crippen LogP contribution in [0.5, 0.6) is 0 Å². The van der Waals surface area contributed by atoms with Gasteiger partial charge in [0.05, 0.1) is 0 Å². The summed E-state index contributed by atoms with van der Waals surface area (Å²) in [5.41, 5.74) is 3.98. The number of hydrogen-bond donors (Lipinski definition) is 2. The summed E-state index contributed by atoms with van der Waals surface area (Å²) in [4.78, 5) is 16.6. The number of anilines is 2. The van der Waals surface area contributed by atoms with Gasteiger partial charge in [-0.05, 0) is 55.2 Å². The summed E-state index contributed by atoms with van der Waals surface area (Å²) in [6, 6.07) is 9.58. The molecule has 1 aliphatic heterocycles. The number of nitrogens with one attached hydrogen (secondary N) is 2. The van der Waals surface area contributed by atoms with E-state index in [0.29, 0.717) is 5.82 Å². The van der Waals surface area contributed by atoms with Gasteiger partial charge in [0.2, 0.25) is 0 Å². The molecule has 0 spiro atoms. The molecule has 1 aromatic heterocycles. The van der Waals surface area contributed by atoms with Gasteiger partial charge in [-0.1, -0.05) is 6.07 Å². The van der Waals surface area contributed by atoms with Crippen molar-refractivity contribution >= 4 is 42.2 Å². The minimum absolute atomic E-state index is 0. The van der Waals surface area contributed by atoms with Crippen LogP contribution in [0.4, 0.5) is 11.5 Å². The lowest BCUT2D eigenvalue weighted by Crippen LogP contribution is -2.19. The molecule has 0 aliphatic carbocycles. The lowest BCUT2D eigenvalue weighted by Gasteiger charge is -2.20. The number of aromatic nitrogens is 1. The van der Waals surface area contributed by atoms with Gasteiger partial charge in [-0.2, -0.15) is 0 Å². The molecule has 0 saturated heterocycles. The number of aryl methyl sites for hydroxylation is 1. The smallest absolute Gasteiger partial charge is 0.257 e. The molecule has 4 nitrogen and oxygen atoms in total. The third-order valence-electron chi connectivity index (χ3n) is 3.50. The molecule has 0 radical (unpaired) electrons. The summed E-state index contributed by atoms with van der Waals surface area (Å²) in [7, 11) is 0. The van der Waals surface area contributed by atoms with Gasteiger partial charge < -0.3 is 10.6 Å². The standard InChI is InChI=1S/C16H17N3O.2ClH/c1-11-7-9-18-15(10-11)19-16(20)13-4-2-6-14-12(13)5-3-8-17-14;;/h2,4,6-7,9-10,17H,3,5,8H2,1H3,(H,18,19,20);2*1H. The van der Waals surface area contributed by atoms with Gasteiger partial charge in [-0.25, -0.2) is 4.98 Å². The van der Waals surface area contributed by atoms with Crippen molar-refractivity contribution in [3.8, 4) is 0 Å². The van der Waals surface area contributed by atoms with E-state index in [0.717, 1.165) is 41.8 Å².